The second kappa shape index (κ2) is 8.47. The summed E-state index contributed by atoms with van der Waals surface area (Å²) in [4.78, 5) is 17.4. The second-order valence-electron chi connectivity index (χ2n) is 6.87. The minimum Gasteiger partial charge on any atom is -0.495 e. The number of para-hydroxylation sites is 1. The predicted molar refractivity (Wildman–Crippen MR) is 115 cm³/mol. The Morgan fingerprint density at radius 3 is 2.72 bits per heavy atom. The summed E-state index contributed by atoms with van der Waals surface area (Å²) in [5.41, 5.74) is 1.52. The number of benzene rings is 2. The maximum atomic E-state index is 12.7. The largest absolute Gasteiger partial charge is 0.495 e. The number of thioether (sulfide) groups is 1. The number of ether oxygens (including phenoxy) is 1. The summed E-state index contributed by atoms with van der Waals surface area (Å²) >= 11 is 7.38. The molecule has 1 fully saturated rings. The third-order valence-corrected chi connectivity index (χ3v) is 5.81. The van der Waals surface area contributed by atoms with Crippen molar-refractivity contribution in [2.24, 2.45) is 0 Å². The number of rotatable bonds is 7. The minimum atomic E-state index is -0.391. The third kappa shape index (κ3) is 4.57. The molecule has 3 aromatic rings. The summed E-state index contributed by atoms with van der Waals surface area (Å²) in [7, 11) is 1.55. The van der Waals surface area contributed by atoms with Crippen LogP contribution in [0.1, 0.15) is 31.5 Å². The van der Waals surface area contributed by atoms with Crippen LogP contribution < -0.4 is 10.1 Å². The highest BCUT2D eigenvalue weighted by Crippen LogP contribution is 2.40. The Hall–Kier alpha value is -2.51. The van der Waals surface area contributed by atoms with Crippen LogP contribution in [0.25, 0.3) is 5.69 Å². The Balaban J connectivity index is 1.50. The number of aromatic nitrogens is 3. The lowest BCUT2D eigenvalue weighted by molar-refractivity contribution is -0.115. The van der Waals surface area contributed by atoms with Crippen molar-refractivity contribution in [1.82, 2.24) is 14.8 Å². The summed E-state index contributed by atoms with van der Waals surface area (Å²) in [5, 5.41) is 8.27. The Morgan fingerprint density at radius 1 is 1.28 bits per heavy atom. The van der Waals surface area contributed by atoms with Gasteiger partial charge in [-0.05, 0) is 50.1 Å². The van der Waals surface area contributed by atoms with Crippen LogP contribution in [0, 0.1) is 0 Å². The first-order valence-corrected chi connectivity index (χ1v) is 10.6. The fourth-order valence-electron chi connectivity index (χ4n) is 2.94. The molecule has 0 bridgehead atoms. The zero-order valence-corrected chi connectivity index (χ0v) is 17.7. The summed E-state index contributed by atoms with van der Waals surface area (Å²) in [6.07, 6.45) is 2.25. The van der Waals surface area contributed by atoms with Crippen LogP contribution in [-0.4, -0.2) is 33.0 Å². The van der Waals surface area contributed by atoms with E-state index in [0.717, 1.165) is 24.4 Å². The lowest BCUT2D eigenvalue weighted by Crippen LogP contribution is -2.22. The molecule has 0 saturated heterocycles. The van der Waals surface area contributed by atoms with E-state index in [0.29, 0.717) is 27.5 Å². The number of amides is 1. The molecule has 0 unspecified atom stereocenters. The maximum absolute atomic E-state index is 12.7. The lowest BCUT2D eigenvalue weighted by Gasteiger charge is -2.13. The molecule has 1 aliphatic carbocycles. The van der Waals surface area contributed by atoms with Gasteiger partial charge in [-0.15, -0.1) is 5.10 Å². The molecule has 1 heterocycles. The molecule has 0 spiro atoms. The van der Waals surface area contributed by atoms with E-state index in [4.69, 9.17) is 21.3 Å². The number of carbonyl (C=O) groups excluding carboxylic acids is 1. The van der Waals surface area contributed by atoms with Crippen LogP contribution in [-0.2, 0) is 4.79 Å². The van der Waals surface area contributed by atoms with Crippen molar-refractivity contribution in [3.8, 4) is 11.4 Å². The molecule has 150 valence electrons. The fraction of sp³-hybridized carbons (Fsp3) is 0.286. The van der Waals surface area contributed by atoms with Gasteiger partial charge in [0.05, 0.1) is 23.7 Å². The summed E-state index contributed by atoms with van der Waals surface area (Å²) < 4.78 is 7.19. The van der Waals surface area contributed by atoms with Gasteiger partial charge in [-0.3, -0.25) is 4.79 Å². The molecule has 1 amide bonds. The van der Waals surface area contributed by atoms with Crippen molar-refractivity contribution >= 4 is 35.0 Å². The smallest absolute Gasteiger partial charge is 0.237 e. The number of hydrogen-bond donors (Lipinski definition) is 1. The molecule has 1 aliphatic rings. The van der Waals surface area contributed by atoms with Crippen molar-refractivity contribution in [2.45, 2.75) is 36.1 Å². The maximum Gasteiger partial charge on any atom is 0.237 e. The van der Waals surface area contributed by atoms with Crippen LogP contribution in [0.4, 0.5) is 5.69 Å². The molecule has 0 aliphatic heterocycles. The third-order valence-electron chi connectivity index (χ3n) is 4.63. The highest BCUT2D eigenvalue weighted by atomic mass is 35.5. The SMILES string of the molecule is COc1ccc(Cl)cc1NC(=O)[C@H](C)Sc1nc(C2CC2)n(-c2ccccc2)n1. The molecule has 1 aromatic heterocycles. The van der Waals surface area contributed by atoms with Gasteiger partial charge in [0.15, 0.2) is 0 Å². The van der Waals surface area contributed by atoms with Gasteiger partial charge in [0.2, 0.25) is 11.1 Å². The molecule has 4 rings (SSSR count). The number of anilines is 1. The van der Waals surface area contributed by atoms with Crippen LogP contribution in [0.2, 0.25) is 5.02 Å². The monoisotopic (exact) mass is 428 g/mol. The lowest BCUT2D eigenvalue weighted by atomic mass is 10.3. The molecule has 1 N–H and O–H groups in total. The Morgan fingerprint density at radius 2 is 2.03 bits per heavy atom. The number of hydrogen-bond acceptors (Lipinski definition) is 5. The number of halogens is 1. The number of nitrogens with zero attached hydrogens (tertiary/aromatic N) is 3. The van der Waals surface area contributed by atoms with E-state index in [9.17, 15) is 4.79 Å². The van der Waals surface area contributed by atoms with Crippen LogP contribution >= 0.6 is 23.4 Å². The van der Waals surface area contributed by atoms with Gasteiger partial charge in [-0.1, -0.05) is 41.6 Å². The van der Waals surface area contributed by atoms with E-state index < -0.39 is 5.25 Å². The normalized spacial score (nSPS) is 14.4. The molecule has 29 heavy (non-hydrogen) atoms. The summed E-state index contributed by atoms with van der Waals surface area (Å²) in [6, 6.07) is 15.1. The molecule has 1 atom stereocenters. The highest BCUT2D eigenvalue weighted by molar-refractivity contribution is 8.00. The van der Waals surface area contributed by atoms with Crippen molar-refractivity contribution in [3.05, 3.63) is 59.4 Å². The second-order valence-corrected chi connectivity index (χ2v) is 8.61. The first-order chi connectivity index (χ1) is 14.0. The molecule has 1 saturated carbocycles. The van der Waals surface area contributed by atoms with Crippen LogP contribution in [0.3, 0.4) is 0 Å². The number of nitrogens with one attached hydrogen (secondary N) is 1. The van der Waals surface area contributed by atoms with Gasteiger partial charge < -0.3 is 10.1 Å². The van der Waals surface area contributed by atoms with E-state index in [-0.39, 0.29) is 5.91 Å². The topological polar surface area (TPSA) is 69.0 Å². The minimum absolute atomic E-state index is 0.167. The zero-order valence-electron chi connectivity index (χ0n) is 16.1. The van der Waals surface area contributed by atoms with Gasteiger partial charge in [-0.2, -0.15) is 0 Å². The van der Waals surface area contributed by atoms with Crippen molar-refractivity contribution in [3.63, 3.8) is 0 Å². The van der Waals surface area contributed by atoms with Crippen molar-refractivity contribution < 1.29 is 9.53 Å². The molecule has 6 nitrogen and oxygen atoms in total. The van der Waals surface area contributed by atoms with E-state index in [1.54, 1.807) is 25.3 Å². The van der Waals surface area contributed by atoms with Crippen LogP contribution in [0.15, 0.2) is 53.7 Å². The fourth-order valence-corrected chi connectivity index (χ4v) is 3.87. The first-order valence-electron chi connectivity index (χ1n) is 9.38. The Bertz CT molecular complexity index is 1020. The van der Waals surface area contributed by atoms with Gasteiger partial charge in [0.25, 0.3) is 0 Å². The average molecular weight is 429 g/mol. The zero-order chi connectivity index (χ0) is 20.4. The van der Waals surface area contributed by atoms with Crippen molar-refractivity contribution in [2.75, 3.05) is 12.4 Å². The van der Waals surface area contributed by atoms with Gasteiger partial charge >= 0.3 is 0 Å². The summed E-state index contributed by atoms with van der Waals surface area (Å²) in [5.74, 6) is 1.79. The van der Waals surface area contributed by atoms with E-state index in [2.05, 4.69) is 10.4 Å². The van der Waals surface area contributed by atoms with Gasteiger partial charge in [-0.25, -0.2) is 9.67 Å². The summed E-state index contributed by atoms with van der Waals surface area (Å²) in [6.45, 7) is 1.83. The highest BCUT2D eigenvalue weighted by Gasteiger charge is 2.31. The van der Waals surface area contributed by atoms with E-state index in [1.807, 2.05) is 41.9 Å². The van der Waals surface area contributed by atoms with E-state index in [1.165, 1.54) is 11.8 Å². The number of carbonyl (C=O) groups is 1. The average Bonchev–Trinajstić information content (AvgIpc) is 3.49. The molecule has 0 radical (unpaired) electrons. The predicted octanol–water partition coefficient (Wildman–Crippen LogP) is 4.93. The quantitative estimate of drug-likeness (QED) is 0.540. The Kier molecular flexibility index (Phi) is 5.78. The van der Waals surface area contributed by atoms with Gasteiger partial charge in [0.1, 0.15) is 11.6 Å². The van der Waals surface area contributed by atoms with Crippen molar-refractivity contribution in [1.29, 1.82) is 0 Å². The molecular weight excluding hydrogens is 408 g/mol. The van der Waals surface area contributed by atoms with Gasteiger partial charge in [0, 0.05) is 10.9 Å². The number of methoxy groups -OCH3 is 1. The molecule has 2 aromatic carbocycles. The molecule has 8 heteroatoms. The van der Waals surface area contributed by atoms with Crippen LogP contribution in [0.5, 0.6) is 5.75 Å². The molecular formula is C21H21ClN4O2S. The first kappa shape index (κ1) is 19.8. The Labute approximate surface area is 178 Å². The standard InChI is InChI=1S/C21H21ClN4O2S/c1-13(20(27)23-17-12-15(22)10-11-18(17)28-2)29-21-24-19(14-8-9-14)26(25-21)16-6-4-3-5-7-16/h3-7,10-14H,8-9H2,1-2H3,(H,23,27)/t13-/m0/s1. The van der Waals surface area contributed by atoms with E-state index >= 15 is 0 Å².